The minimum Gasteiger partial charge on any atom is -0.389 e. The molecule has 2 N–H and O–H groups in total. The van der Waals surface area contributed by atoms with Crippen molar-refractivity contribution < 1.29 is 9.13 Å². The molecule has 3 nitrogen and oxygen atoms in total. The first kappa shape index (κ1) is 13.0. The van der Waals surface area contributed by atoms with Crippen molar-refractivity contribution in [3.8, 4) is 0 Å². The third-order valence-electron chi connectivity index (χ3n) is 3.85. The molecule has 2 unspecified atom stereocenters. The smallest absolute Gasteiger partial charge is 0.123 e. The molecule has 2 aliphatic heterocycles. The SMILES string of the molecule is NC(=S)c1cc(F)ccc1CN1CC2CCC(C1)O2. The number of ether oxygens (including phenoxy) is 1. The second kappa shape index (κ2) is 5.15. The molecule has 1 aromatic carbocycles. The average molecular weight is 280 g/mol. The molecule has 2 saturated heterocycles. The molecular weight excluding hydrogens is 263 g/mol. The Morgan fingerprint density at radius 3 is 2.68 bits per heavy atom. The van der Waals surface area contributed by atoms with Crippen molar-refractivity contribution in [2.75, 3.05) is 13.1 Å². The van der Waals surface area contributed by atoms with Crippen LogP contribution in [-0.4, -0.2) is 35.2 Å². The topological polar surface area (TPSA) is 38.5 Å². The fourth-order valence-electron chi connectivity index (χ4n) is 2.99. The Morgan fingerprint density at radius 1 is 1.37 bits per heavy atom. The molecule has 2 bridgehead atoms. The monoisotopic (exact) mass is 280 g/mol. The predicted octanol–water partition coefficient (Wildman–Crippen LogP) is 1.82. The van der Waals surface area contributed by atoms with Gasteiger partial charge in [-0.1, -0.05) is 18.3 Å². The van der Waals surface area contributed by atoms with Crippen LogP contribution in [0, 0.1) is 5.82 Å². The van der Waals surface area contributed by atoms with Gasteiger partial charge in [0.25, 0.3) is 0 Å². The van der Waals surface area contributed by atoms with Crippen LogP contribution >= 0.6 is 12.2 Å². The zero-order valence-electron chi connectivity index (χ0n) is 10.6. The van der Waals surface area contributed by atoms with Gasteiger partial charge in [-0.05, 0) is 30.5 Å². The predicted molar refractivity (Wildman–Crippen MR) is 75.5 cm³/mol. The molecule has 0 aliphatic carbocycles. The summed E-state index contributed by atoms with van der Waals surface area (Å²) in [7, 11) is 0. The molecule has 2 heterocycles. The fraction of sp³-hybridized carbons (Fsp3) is 0.500. The third kappa shape index (κ3) is 2.78. The minimum absolute atomic E-state index is 0.255. The summed E-state index contributed by atoms with van der Waals surface area (Å²) >= 11 is 5.00. The number of benzene rings is 1. The molecule has 0 saturated carbocycles. The summed E-state index contributed by atoms with van der Waals surface area (Å²) in [6.45, 7) is 2.62. The summed E-state index contributed by atoms with van der Waals surface area (Å²) in [6.07, 6.45) is 3.00. The first-order valence-electron chi connectivity index (χ1n) is 6.58. The van der Waals surface area contributed by atoms with Crippen LogP contribution in [0.3, 0.4) is 0 Å². The highest BCUT2D eigenvalue weighted by Gasteiger charge is 2.33. The van der Waals surface area contributed by atoms with E-state index in [-0.39, 0.29) is 10.8 Å². The van der Waals surface area contributed by atoms with E-state index < -0.39 is 0 Å². The molecule has 102 valence electrons. The number of hydrogen-bond donors (Lipinski definition) is 1. The zero-order chi connectivity index (χ0) is 13.4. The van der Waals surface area contributed by atoms with Crippen LogP contribution in [0.15, 0.2) is 18.2 Å². The molecule has 19 heavy (non-hydrogen) atoms. The molecule has 0 aromatic heterocycles. The maximum atomic E-state index is 13.3. The summed E-state index contributed by atoms with van der Waals surface area (Å²) in [5.74, 6) is -0.298. The van der Waals surface area contributed by atoms with Crippen molar-refractivity contribution in [1.82, 2.24) is 4.90 Å². The number of hydrogen-bond acceptors (Lipinski definition) is 3. The first-order valence-corrected chi connectivity index (χ1v) is 6.98. The maximum Gasteiger partial charge on any atom is 0.123 e. The van der Waals surface area contributed by atoms with Crippen LogP contribution in [0.25, 0.3) is 0 Å². The van der Waals surface area contributed by atoms with Gasteiger partial charge in [-0.2, -0.15) is 0 Å². The van der Waals surface area contributed by atoms with Gasteiger partial charge >= 0.3 is 0 Å². The quantitative estimate of drug-likeness (QED) is 0.857. The Kier molecular flexibility index (Phi) is 3.52. The van der Waals surface area contributed by atoms with E-state index in [1.54, 1.807) is 6.07 Å². The van der Waals surface area contributed by atoms with Crippen LogP contribution in [-0.2, 0) is 11.3 Å². The van der Waals surface area contributed by atoms with E-state index in [1.807, 2.05) is 0 Å². The molecular formula is C14H17FN2OS. The summed E-state index contributed by atoms with van der Waals surface area (Å²) in [6, 6.07) is 4.67. The summed E-state index contributed by atoms with van der Waals surface area (Å²) < 4.78 is 19.1. The standard InChI is InChI=1S/C14H17FN2OS/c15-10-2-1-9(13(5-10)14(16)19)6-17-7-11-3-4-12(8-17)18-11/h1-2,5,11-12H,3-4,6-8H2,(H2,16,19). The number of halogens is 1. The first-order chi connectivity index (χ1) is 9.11. The number of thiocarbonyl (C=S) groups is 1. The van der Waals surface area contributed by atoms with Gasteiger partial charge in [-0.25, -0.2) is 4.39 Å². The lowest BCUT2D eigenvalue weighted by Gasteiger charge is -2.32. The van der Waals surface area contributed by atoms with E-state index in [0.29, 0.717) is 17.8 Å². The van der Waals surface area contributed by atoms with Gasteiger partial charge in [-0.15, -0.1) is 0 Å². The number of nitrogens with zero attached hydrogens (tertiary/aromatic N) is 1. The molecule has 1 aromatic rings. The van der Waals surface area contributed by atoms with Gasteiger partial charge in [0, 0.05) is 25.2 Å². The van der Waals surface area contributed by atoms with Crippen LogP contribution in [0.4, 0.5) is 4.39 Å². The van der Waals surface area contributed by atoms with Crippen molar-refractivity contribution in [3.63, 3.8) is 0 Å². The Bertz CT molecular complexity index is 496. The fourth-order valence-corrected chi connectivity index (χ4v) is 3.18. The van der Waals surface area contributed by atoms with Gasteiger partial charge in [-0.3, -0.25) is 4.90 Å². The number of nitrogens with two attached hydrogens (primary N) is 1. The molecule has 2 atom stereocenters. The van der Waals surface area contributed by atoms with E-state index in [0.717, 1.165) is 38.0 Å². The largest absolute Gasteiger partial charge is 0.389 e. The highest BCUT2D eigenvalue weighted by atomic mass is 32.1. The van der Waals surface area contributed by atoms with E-state index in [4.69, 9.17) is 22.7 Å². The zero-order valence-corrected chi connectivity index (χ0v) is 11.5. The summed E-state index contributed by atoms with van der Waals surface area (Å²) in [4.78, 5) is 2.60. The Hall–Kier alpha value is -1.04. The molecule has 0 radical (unpaired) electrons. The maximum absolute atomic E-state index is 13.3. The van der Waals surface area contributed by atoms with Crippen molar-refractivity contribution in [2.45, 2.75) is 31.6 Å². The van der Waals surface area contributed by atoms with Crippen molar-refractivity contribution in [3.05, 3.63) is 35.1 Å². The van der Waals surface area contributed by atoms with Gasteiger partial charge < -0.3 is 10.5 Å². The number of fused-ring (bicyclic) bond motifs is 2. The molecule has 0 spiro atoms. The van der Waals surface area contributed by atoms with E-state index in [1.165, 1.54) is 12.1 Å². The van der Waals surface area contributed by atoms with Crippen LogP contribution in [0.2, 0.25) is 0 Å². The molecule has 2 aliphatic rings. The number of rotatable bonds is 3. The highest BCUT2D eigenvalue weighted by Crippen LogP contribution is 2.27. The molecule has 3 rings (SSSR count). The molecule has 2 fully saturated rings. The van der Waals surface area contributed by atoms with Crippen LogP contribution in [0.1, 0.15) is 24.0 Å². The van der Waals surface area contributed by atoms with Crippen molar-refractivity contribution in [2.24, 2.45) is 5.73 Å². The van der Waals surface area contributed by atoms with Gasteiger partial charge in [0.05, 0.1) is 12.2 Å². The number of morpholine rings is 1. The summed E-state index contributed by atoms with van der Waals surface area (Å²) in [5, 5.41) is 0. The number of likely N-dealkylation sites (tertiary alicyclic amines) is 1. The van der Waals surface area contributed by atoms with Crippen molar-refractivity contribution >= 4 is 17.2 Å². The lowest BCUT2D eigenvalue weighted by Crippen LogP contribution is -2.42. The molecule has 0 amide bonds. The Morgan fingerprint density at radius 2 is 2.05 bits per heavy atom. The van der Waals surface area contributed by atoms with E-state index >= 15 is 0 Å². The van der Waals surface area contributed by atoms with Gasteiger partial charge in [0.2, 0.25) is 0 Å². The van der Waals surface area contributed by atoms with Crippen molar-refractivity contribution in [1.29, 1.82) is 0 Å². The average Bonchev–Trinajstić information content (AvgIpc) is 2.71. The third-order valence-corrected chi connectivity index (χ3v) is 4.07. The van der Waals surface area contributed by atoms with Gasteiger partial charge in [0.1, 0.15) is 10.8 Å². The van der Waals surface area contributed by atoms with E-state index in [2.05, 4.69) is 4.90 Å². The Balaban J connectivity index is 1.78. The lowest BCUT2D eigenvalue weighted by atomic mass is 10.1. The van der Waals surface area contributed by atoms with Crippen LogP contribution in [0.5, 0.6) is 0 Å². The second-order valence-electron chi connectivity index (χ2n) is 5.32. The Labute approximate surface area is 117 Å². The lowest BCUT2D eigenvalue weighted by molar-refractivity contribution is -0.0410. The van der Waals surface area contributed by atoms with Gasteiger partial charge in [0.15, 0.2) is 0 Å². The molecule has 5 heteroatoms. The van der Waals surface area contributed by atoms with E-state index in [9.17, 15) is 4.39 Å². The second-order valence-corrected chi connectivity index (χ2v) is 5.76. The summed E-state index contributed by atoms with van der Waals surface area (Å²) in [5.41, 5.74) is 7.32. The minimum atomic E-state index is -0.298. The highest BCUT2D eigenvalue weighted by molar-refractivity contribution is 7.80. The normalized spacial score (nSPS) is 26.6. The van der Waals surface area contributed by atoms with Crippen LogP contribution < -0.4 is 5.73 Å².